The highest BCUT2D eigenvalue weighted by atomic mass is 35.5. The summed E-state index contributed by atoms with van der Waals surface area (Å²) in [5.74, 6) is -0.718. The smallest absolute Gasteiger partial charge is 0.416 e. The molecule has 1 fully saturated rings. The number of halogens is 4. The largest absolute Gasteiger partial charge is 0.481 e. The topological polar surface area (TPSA) is 67.4 Å². The lowest BCUT2D eigenvalue weighted by atomic mass is 10.1. The van der Waals surface area contributed by atoms with Crippen LogP contribution in [0.3, 0.4) is 0 Å². The van der Waals surface area contributed by atoms with Gasteiger partial charge in [0, 0.05) is 11.7 Å². The molecule has 0 bridgehead atoms. The maximum absolute atomic E-state index is 12.6. The molecule has 0 radical (unpaired) electrons. The Morgan fingerprint density at radius 3 is 2.38 bits per heavy atom. The van der Waals surface area contributed by atoms with Gasteiger partial charge in [0.25, 0.3) is 11.8 Å². The molecule has 2 N–H and O–H groups in total. The second kappa shape index (κ2) is 8.32. The molecule has 2 aromatic carbocycles. The molecular weight excluding hydrogens is 409 g/mol. The summed E-state index contributed by atoms with van der Waals surface area (Å²) in [5, 5.41) is 5.69. The van der Waals surface area contributed by atoms with E-state index in [0.29, 0.717) is 5.69 Å². The lowest BCUT2D eigenvalue weighted by Crippen LogP contribution is -2.30. The minimum absolute atomic E-state index is 0.126. The number of ether oxygens (including phenoxy) is 1. The lowest BCUT2D eigenvalue weighted by Gasteiger charge is -2.16. The van der Waals surface area contributed by atoms with Crippen LogP contribution in [0.5, 0.6) is 5.75 Å². The normalized spacial score (nSPS) is 14.8. The minimum Gasteiger partial charge on any atom is -0.481 e. The number of carbonyl (C=O) groups is 2. The van der Waals surface area contributed by atoms with Crippen molar-refractivity contribution in [1.29, 1.82) is 0 Å². The van der Waals surface area contributed by atoms with E-state index in [2.05, 4.69) is 10.6 Å². The maximum atomic E-state index is 12.6. The van der Waals surface area contributed by atoms with Crippen LogP contribution in [0.2, 0.25) is 5.02 Å². The van der Waals surface area contributed by atoms with Crippen molar-refractivity contribution < 1.29 is 27.5 Å². The summed E-state index contributed by atoms with van der Waals surface area (Å²) in [4.78, 5) is 24.6. The third-order valence-electron chi connectivity index (χ3n) is 4.25. The van der Waals surface area contributed by atoms with Crippen molar-refractivity contribution in [1.82, 2.24) is 5.32 Å². The molecule has 1 saturated carbocycles. The highest BCUT2D eigenvalue weighted by Gasteiger charge is 2.30. The molecule has 0 heterocycles. The van der Waals surface area contributed by atoms with Crippen LogP contribution < -0.4 is 15.4 Å². The van der Waals surface area contributed by atoms with Crippen molar-refractivity contribution in [3.8, 4) is 5.75 Å². The molecule has 1 aliphatic rings. The van der Waals surface area contributed by atoms with E-state index in [4.69, 9.17) is 16.3 Å². The van der Waals surface area contributed by atoms with Crippen molar-refractivity contribution in [2.24, 2.45) is 0 Å². The summed E-state index contributed by atoms with van der Waals surface area (Å²) in [7, 11) is 0. The van der Waals surface area contributed by atoms with Crippen LogP contribution in [-0.2, 0) is 11.0 Å². The first kappa shape index (κ1) is 21.0. The third-order valence-corrected chi connectivity index (χ3v) is 4.58. The molecule has 154 valence electrons. The van der Waals surface area contributed by atoms with Crippen molar-refractivity contribution in [2.45, 2.75) is 38.1 Å². The molecule has 9 heteroatoms. The van der Waals surface area contributed by atoms with Gasteiger partial charge in [0.15, 0.2) is 6.10 Å². The number of hydrogen-bond acceptors (Lipinski definition) is 3. The zero-order valence-corrected chi connectivity index (χ0v) is 16.1. The molecule has 1 aliphatic carbocycles. The van der Waals surface area contributed by atoms with Gasteiger partial charge >= 0.3 is 6.18 Å². The zero-order chi connectivity index (χ0) is 21.2. The van der Waals surface area contributed by atoms with E-state index in [1.54, 1.807) is 6.07 Å². The predicted octanol–water partition coefficient (Wildman–Crippen LogP) is 4.66. The minimum atomic E-state index is -4.44. The average Bonchev–Trinajstić information content (AvgIpc) is 3.46. The predicted molar refractivity (Wildman–Crippen MR) is 102 cm³/mol. The number of carbonyl (C=O) groups excluding carboxylic acids is 2. The fourth-order valence-electron chi connectivity index (χ4n) is 2.49. The first-order chi connectivity index (χ1) is 13.6. The van der Waals surface area contributed by atoms with Gasteiger partial charge in [-0.1, -0.05) is 11.6 Å². The summed E-state index contributed by atoms with van der Waals surface area (Å²) >= 11 is 6.07. The van der Waals surface area contributed by atoms with Gasteiger partial charge in [0.05, 0.1) is 16.1 Å². The van der Waals surface area contributed by atoms with E-state index < -0.39 is 23.8 Å². The number of amides is 2. The Labute approximate surface area is 170 Å². The van der Waals surface area contributed by atoms with Gasteiger partial charge in [-0.3, -0.25) is 9.59 Å². The number of rotatable bonds is 6. The number of benzene rings is 2. The Bertz CT molecular complexity index is 912. The summed E-state index contributed by atoms with van der Waals surface area (Å²) < 4.78 is 43.2. The Kier molecular flexibility index (Phi) is 6.02. The van der Waals surface area contributed by atoms with E-state index in [1.165, 1.54) is 19.1 Å². The zero-order valence-electron chi connectivity index (χ0n) is 15.3. The molecular formula is C20H18ClF3N2O3. The highest BCUT2D eigenvalue weighted by Crippen LogP contribution is 2.30. The van der Waals surface area contributed by atoms with Crippen molar-refractivity contribution in [2.75, 3.05) is 5.32 Å². The summed E-state index contributed by atoms with van der Waals surface area (Å²) in [5.41, 5.74) is -0.212. The average molecular weight is 427 g/mol. The molecule has 1 atom stereocenters. The van der Waals surface area contributed by atoms with E-state index in [-0.39, 0.29) is 28.3 Å². The van der Waals surface area contributed by atoms with Gasteiger partial charge in [0.2, 0.25) is 0 Å². The van der Waals surface area contributed by atoms with Crippen molar-refractivity contribution >= 4 is 29.1 Å². The van der Waals surface area contributed by atoms with Crippen LogP contribution in [0.15, 0.2) is 42.5 Å². The fraction of sp³-hybridized carbons (Fsp3) is 0.300. The Hall–Kier alpha value is -2.74. The lowest BCUT2D eigenvalue weighted by molar-refractivity contribution is -0.137. The molecule has 0 aliphatic heterocycles. The van der Waals surface area contributed by atoms with Crippen LogP contribution in [-0.4, -0.2) is 24.0 Å². The number of alkyl halides is 3. The molecule has 0 saturated heterocycles. The van der Waals surface area contributed by atoms with Crippen LogP contribution in [0.1, 0.15) is 35.7 Å². The van der Waals surface area contributed by atoms with Gasteiger partial charge in [-0.25, -0.2) is 0 Å². The second-order valence-corrected chi connectivity index (χ2v) is 7.12. The standard InChI is InChI=1S/C20H18ClF3N2O3/c1-11(29-15-7-2-12(3-8-15)20(22,23)24)18(27)26-14-6-9-17(21)16(10-14)19(28)25-13-4-5-13/h2-3,6-11,13H,4-5H2,1H3,(H,25,28)(H,26,27). The van der Waals surface area contributed by atoms with Crippen molar-refractivity contribution in [3.63, 3.8) is 0 Å². The molecule has 0 aromatic heterocycles. The van der Waals surface area contributed by atoms with Crippen LogP contribution in [0.4, 0.5) is 18.9 Å². The molecule has 2 aromatic rings. The monoisotopic (exact) mass is 426 g/mol. The Morgan fingerprint density at radius 2 is 1.79 bits per heavy atom. The van der Waals surface area contributed by atoms with E-state index in [0.717, 1.165) is 37.1 Å². The second-order valence-electron chi connectivity index (χ2n) is 6.71. The fourth-order valence-corrected chi connectivity index (χ4v) is 2.70. The quantitative estimate of drug-likeness (QED) is 0.706. The molecule has 29 heavy (non-hydrogen) atoms. The van der Waals surface area contributed by atoms with Gasteiger partial charge in [-0.05, 0) is 62.2 Å². The van der Waals surface area contributed by atoms with Crippen LogP contribution in [0, 0.1) is 0 Å². The van der Waals surface area contributed by atoms with Gasteiger partial charge in [-0.2, -0.15) is 13.2 Å². The molecule has 5 nitrogen and oxygen atoms in total. The van der Waals surface area contributed by atoms with Crippen molar-refractivity contribution in [3.05, 3.63) is 58.6 Å². The first-order valence-corrected chi connectivity index (χ1v) is 9.26. The van der Waals surface area contributed by atoms with Gasteiger partial charge in [0.1, 0.15) is 5.75 Å². The van der Waals surface area contributed by atoms with Crippen LogP contribution in [0.25, 0.3) is 0 Å². The summed E-state index contributed by atoms with van der Waals surface area (Å²) in [6.45, 7) is 1.46. The molecule has 0 spiro atoms. The molecule has 3 rings (SSSR count). The maximum Gasteiger partial charge on any atom is 0.416 e. The SMILES string of the molecule is CC(Oc1ccc(C(F)(F)F)cc1)C(=O)Nc1ccc(Cl)c(C(=O)NC2CC2)c1. The molecule has 1 unspecified atom stereocenters. The van der Waals surface area contributed by atoms with E-state index in [1.807, 2.05) is 0 Å². The van der Waals surface area contributed by atoms with Gasteiger partial charge in [-0.15, -0.1) is 0 Å². The van der Waals surface area contributed by atoms with E-state index >= 15 is 0 Å². The Morgan fingerprint density at radius 1 is 1.14 bits per heavy atom. The number of nitrogens with one attached hydrogen (secondary N) is 2. The highest BCUT2D eigenvalue weighted by molar-refractivity contribution is 6.34. The first-order valence-electron chi connectivity index (χ1n) is 8.88. The number of anilines is 1. The van der Waals surface area contributed by atoms with Gasteiger partial charge < -0.3 is 15.4 Å². The molecule has 2 amide bonds. The Balaban J connectivity index is 1.62. The summed E-state index contributed by atoms with van der Waals surface area (Å²) in [6.07, 6.45) is -3.57. The number of hydrogen-bond donors (Lipinski definition) is 2. The van der Waals surface area contributed by atoms with Crippen LogP contribution >= 0.6 is 11.6 Å². The third kappa shape index (κ3) is 5.63. The summed E-state index contributed by atoms with van der Waals surface area (Å²) in [6, 6.07) is 8.72. The van der Waals surface area contributed by atoms with E-state index in [9.17, 15) is 22.8 Å².